The first kappa shape index (κ1) is 14.0. The predicted molar refractivity (Wildman–Crippen MR) is 72.3 cm³/mol. The van der Waals surface area contributed by atoms with Crippen LogP contribution in [0.3, 0.4) is 0 Å². The first-order valence-electron chi connectivity index (χ1n) is 5.57. The van der Waals surface area contributed by atoms with Crippen LogP contribution in [0.2, 0.25) is 0 Å². The van der Waals surface area contributed by atoms with Gasteiger partial charge in [-0.3, -0.25) is 0 Å². The van der Waals surface area contributed by atoms with Gasteiger partial charge in [0.2, 0.25) is 0 Å². The van der Waals surface area contributed by atoms with Crippen LogP contribution in [0.1, 0.15) is 0 Å². The molecule has 1 aromatic carbocycles. The summed E-state index contributed by atoms with van der Waals surface area (Å²) >= 11 is 5.87. The average molecular weight is 305 g/mol. The first-order chi connectivity index (χ1) is 8.87. The second-order valence-corrected chi connectivity index (χ2v) is 7.03. The van der Waals surface area contributed by atoms with Crippen molar-refractivity contribution in [2.75, 3.05) is 16.8 Å². The molecule has 2 rings (SSSR count). The van der Waals surface area contributed by atoms with Crippen LogP contribution in [-0.4, -0.2) is 42.5 Å². The van der Waals surface area contributed by atoms with Crippen LogP contribution in [-0.2, 0) is 9.84 Å². The Hall–Kier alpha value is -1.47. The maximum absolute atomic E-state index is 11.7. The molecule has 0 aromatic heterocycles. The molecule has 2 unspecified atom stereocenters. The highest BCUT2D eigenvalue weighted by molar-refractivity contribution is 7.91. The summed E-state index contributed by atoms with van der Waals surface area (Å²) < 4.78 is 22.7. The number of sulfone groups is 1. The molecule has 0 radical (unpaired) electrons. The van der Waals surface area contributed by atoms with Crippen molar-refractivity contribution < 1.29 is 18.3 Å². The van der Waals surface area contributed by atoms with E-state index in [0.717, 1.165) is 0 Å². The second-order valence-electron chi connectivity index (χ2n) is 4.32. The molecule has 1 aromatic rings. The van der Waals surface area contributed by atoms with E-state index in [0.29, 0.717) is 0 Å². The van der Waals surface area contributed by atoms with Gasteiger partial charge >= 0.3 is 6.03 Å². The molecule has 3 N–H and O–H groups in total. The molecule has 6 nitrogen and oxygen atoms in total. The number of alkyl halides is 1. The van der Waals surface area contributed by atoms with Gasteiger partial charge in [0.05, 0.1) is 28.6 Å². The number of nitrogens with one attached hydrogen (secondary N) is 2. The number of halogens is 1. The SMILES string of the molecule is O=C(Nc1ccccc1O)NC1CS(=O)(=O)CC1Cl. The molecule has 0 bridgehead atoms. The summed E-state index contributed by atoms with van der Waals surface area (Å²) in [6, 6.07) is 5.00. The van der Waals surface area contributed by atoms with E-state index in [4.69, 9.17) is 11.6 Å². The van der Waals surface area contributed by atoms with Crippen molar-refractivity contribution >= 4 is 33.2 Å². The van der Waals surface area contributed by atoms with E-state index < -0.39 is 27.3 Å². The van der Waals surface area contributed by atoms with Crippen molar-refractivity contribution in [2.24, 2.45) is 0 Å². The average Bonchev–Trinajstić information content (AvgIpc) is 2.55. The molecule has 0 spiro atoms. The van der Waals surface area contributed by atoms with Gasteiger partial charge in [0.1, 0.15) is 5.75 Å². The van der Waals surface area contributed by atoms with Crippen LogP contribution in [0.5, 0.6) is 5.75 Å². The number of hydrogen-bond donors (Lipinski definition) is 3. The van der Waals surface area contributed by atoms with Gasteiger partial charge in [-0.15, -0.1) is 11.6 Å². The van der Waals surface area contributed by atoms with E-state index in [1.165, 1.54) is 12.1 Å². The van der Waals surface area contributed by atoms with Crippen molar-refractivity contribution in [3.8, 4) is 5.75 Å². The highest BCUT2D eigenvalue weighted by atomic mass is 35.5. The lowest BCUT2D eigenvalue weighted by Gasteiger charge is -2.15. The Bertz CT molecular complexity index is 590. The van der Waals surface area contributed by atoms with Crippen molar-refractivity contribution in [3.05, 3.63) is 24.3 Å². The summed E-state index contributed by atoms with van der Waals surface area (Å²) in [6.45, 7) is 0. The molecule has 2 amide bonds. The molecule has 0 aliphatic carbocycles. The summed E-state index contributed by atoms with van der Waals surface area (Å²) in [7, 11) is -3.20. The fourth-order valence-corrected chi connectivity index (χ4v) is 4.39. The topological polar surface area (TPSA) is 95.5 Å². The van der Waals surface area contributed by atoms with Crippen LogP contribution in [0, 0.1) is 0 Å². The Morgan fingerprint density at radius 3 is 2.58 bits per heavy atom. The Morgan fingerprint density at radius 2 is 2.00 bits per heavy atom. The molecule has 1 saturated heterocycles. The van der Waals surface area contributed by atoms with Crippen molar-refractivity contribution in [2.45, 2.75) is 11.4 Å². The number of benzene rings is 1. The third-order valence-corrected chi connectivity index (χ3v) is 5.13. The van der Waals surface area contributed by atoms with Crippen molar-refractivity contribution in [1.29, 1.82) is 0 Å². The maximum Gasteiger partial charge on any atom is 0.319 e. The Labute approximate surface area is 115 Å². The van der Waals surface area contributed by atoms with Crippen LogP contribution >= 0.6 is 11.6 Å². The minimum Gasteiger partial charge on any atom is -0.506 e. The summed E-state index contributed by atoms with van der Waals surface area (Å²) in [5, 5.41) is 13.8. The number of aromatic hydroxyl groups is 1. The lowest BCUT2D eigenvalue weighted by atomic mass is 10.2. The molecule has 0 saturated carbocycles. The number of rotatable bonds is 2. The maximum atomic E-state index is 11.7. The van der Waals surface area contributed by atoms with Gasteiger partial charge in [-0.25, -0.2) is 13.2 Å². The number of para-hydroxylation sites is 2. The zero-order valence-corrected chi connectivity index (χ0v) is 11.4. The summed E-state index contributed by atoms with van der Waals surface area (Å²) in [4.78, 5) is 11.7. The van der Waals surface area contributed by atoms with Crippen molar-refractivity contribution in [3.63, 3.8) is 0 Å². The first-order valence-corrected chi connectivity index (χ1v) is 7.83. The minimum atomic E-state index is -3.20. The quantitative estimate of drug-likeness (QED) is 0.559. The third-order valence-electron chi connectivity index (χ3n) is 2.75. The van der Waals surface area contributed by atoms with Gasteiger partial charge in [0.15, 0.2) is 9.84 Å². The Morgan fingerprint density at radius 1 is 1.32 bits per heavy atom. The molecule has 1 aliphatic heterocycles. The molecule has 1 aliphatic rings. The largest absolute Gasteiger partial charge is 0.506 e. The fraction of sp³-hybridized carbons (Fsp3) is 0.364. The van der Waals surface area contributed by atoms with Gasteiger partial charge in [0.25, 0.3) is 0 Å². The van der Waals surface area contributed by atoms with Gasteiger partial charge in [-0.05, 0) is 12.1 Å². The predicted octanol–water partition coefficient (Wildman–Crippen LogP) is 0.918. The Balaban J connectivity index is 1.98. The normalized spacial score (nSPS) is 24.9. The molecular weight excluding hydrogens is 292 g/mol. The Kier molecular flexibility index (Phi) is 3.86. The second kappa shape index (κ2) is 5.26. The number of phenolic OH excluding ortho intramolecular Hbond substituents is 1. The number of hydrogen-bond acceptors (Lipinski definition) is 4. The van der Waals surface area contributed by atoms with Gasteiger partial charge in [0, 0.05) is 0 Å². The molecule has 2 atom stereocenters. The van der Waals surface area contributed by atoms with Gasteiger partial charge < -0.3 is 15.7 Å². The molecule has 19 heavy (non-hydrogen) atoms. The highest BCUT2D eigenvalue weighted by Gasteiger charge is 2.37. The zero-order valence-electron chi connectivity index (χ0n) is 9.84. The number of amides is 2. The monoisotopic (exact) mass is 304 g/mol. The molecular formula is C11H13ClN2O4S. The minimum absolute atomic E-state index is 0.0703. The van der Waals surface area contributed by atoms with Crippen molar-refractivity contribution in [1.82, 2.24) is 5.32 Å². The number of carbonyl (C=O) groups excluding carboxylic acids is 1. The van der Waals surface area contributed by atoms with Crippen LogP contribution < -0.4 is 10.6 Å². The highest BCUT2D eigenvalue weighted by Crippen LogP contribution is 2.22. The standard InChI is InChI=1S/C11H13ClN2O4S/c12-7-5-19(17,18)6-9(7)14-11(16)13-8-3-1-2-4-10(8)15/h1-4,7,9,15H,5-6H2,(H2,13,14,16). The lowest BCUT2D eigenvalue weighted by Crippen LogP contribution is -2.42. The summed E-state index contributed by atoms with van der Waals surface area (Å²) in [5.74, 6) is -0.384. The van der Waals surface area contributed by atoms with Crippen LogP contribution in [0.4, 0.5) is 10.5 Å². The molecule has 8 heteroatoms. The van der Waals surface area contributed by atoms with E-state index in [1.54, 1.807) is 12.1 Å². The molecule has 1 heterocycles. The molecule has 1 fully saturated rings. The zero-order chi connectivity index (χ0) is 14.0. The van der Waals surface area contributed by atoms with E-state index in [1.807, 2.05) is 0 Å². The van der Waals surface area contributed by atoms with E-state index in [2.05, 4.69) is 10.6 Å². The number of urea groups is 1. The fourth-order valence-electron chi connectivity index (χ4n) is 1.84. The van der Waals surface area contributed by atoms with E-state index in [9.17, 15) is 18.3 Å². The van der Waals surface area contributed by atoms with Crippen LogP contribution in [0.25, 0.3) is 0 Å². The lowest BCUT2D eigenvalue weighted by molar-refractivity contribution is 0.249. The van der Waals surface area contributed by atoms with Gasteiger partial charge in [-0.1, -0.05) is 12.1 Å². The molecule has 104 valence electrons. The smallest absolute Gasteiger partial charge is 0.319 e. The van der Waals surface area contributed by atoms with Crippen LogP contribution in [0.15, 0.2) is 24.3 Å². The van der Waals surface area contributed by atoms with E-state index in [-0.39, 0.29) is 22.9 Å². The number of carbonyl (C=O) groups is 1. The number of phenols is 1. The third kappa shape index (κ3) is 3.51. The van der Waals surface area contributed by atoms with E-state index >= 15 is 0 Å². The summed E-state index contributed by atoms with van der Waals surface area (Å²) in [5.41, 5.74) is 0.243. The summed E-state index contributed by atoms with van der Waals surface area (Å²) in [6.07, 6.45) is 0. The van der Waals surface area contributed by atoms with Gasteiger partial charge in [-0.2, -0.15) is 0 Å². The number of anilines is 1.